The van der Waals surface area contributed by atoms with E-state index in [0.29, 0.717) is 5.75 Å². The Hall–Kier alpha value is -2.73. The van der Waals surface area contributed by atoms with Crippen LogP contribution in [0.5, 0.6) is 5.75 Å². The molecule has 3 aromatic rings. The molecule has 0 aliphatic carbocycles. The lowest BCUT2D eigenvalue weighted by Gasteiger charge is -2.26. The minimum absolute atomic E-state index is 0.0448. The van der Waals surface area contributed by atoms with Crippen LogP contribution < -0.4 is 4.74 Å². The molecule has 0 saturated heterocycles. The number of amides is 1. The Morgan fingerprint density at radius 1 is 1.21 bits per heavy atom. The predicted molar refractivity (Wildman–Crippen MR) is 118 cm³/mol. The molecule has 1 aromatic heterocycles. The van der Waals surface area contributed by atoms with Crippen LogP contribution in [0.25, 0.3) is 5.69 Å². The van der Waals surface area contributed by atoms with Crippen molar-refractivity contribution < 1.29 is 9.53 Å². The van der Waals surface area contributed by atoms with Crippen molar-refractivity contribution in [3.63, 3.8) is 0 Å². The first-order valence-electron chi connectivity index (χ1n) is 9.54. The second kappa shape index (κ2) is 9.18. The molecule has 5 nitrogen and oxygen atoms in total. The zero-order valence-corrected chi connectivity index (χ0v) is 18.4. The van der Waals surface area contributed by atoms with Gasteiger partial charge in [-0.15, -0.1) is 0 Å². The van der Waals surface area contributed by atoms with Crippen molar-refractivity contribution in [1.82, 2.24) is 14.5 Å². The van der Waals surface area contributed by atoms with Gasteiger partial charge in [-0.1, -0.05) is 36.0 Å². The van der Waals surface area contributed by atoms with Crippen molar-refractivity contribution in [3.05, 3.63) is 71.5 Å². The molecule has 2 aromatic carbocycles. The Kier molecular flexibility index (Phi) is 6.64. The topological polar surface area (TPSA) is 47.4 Å². The number of imidazole rings is 1. The van der Waals surface area contributed by atoms with E-state index < -0.39 is 0 Å². The Morgan fingerprint density at radius 2 is 1.90 bits per heavy atom. The molecule has 1 amide bonds. The molecule has 0 aliphatic heterocycles. The SMILES string of the molecule is COc1ccccc1C(C)N(C)C(=O)CSc1nccn1-c1cc(C)cc(C)c1. The van der Waals surface area contributed by atoms with Crippen LogP contribution in [0.2, 0.25) is 0 Å². The number of aryl methyl sites for hydroxylation is 2. The van der Waals surface area contributed by atoms with Gasteiger partial charge in [0.15, 0.2) is 5.16 Å². The molecule has 6 heteroatoms. The summed E-state index contributed by atoms with van der Waals surface area (Å²) in [6, 6.07) is 14.1. The zero-order chi connectivity index (χ0) is 21.0. The first-order valence-corrected chi connectivity index (χ1v) is 10.5. The molecular weight excluding hydrogens is 382 g/mol. The highest BCUT2D eigenvalue weighted by Gasteiger charge is 2.21. The van der Waals surface area contributed by atoms with Gasteiger partial charge in [-0.25, -0.2) is 4.98 Å². The number of nitrogens with zero attached hydrogens (tertiary/aromatic N) is 3. The fourth-order valence-corrected chi connectivity index (χ4v) is 4.24. The first-order chi connectivity index (χ1) is 13.9. The summed E-state index contributed by atoms with van der Waals surface area (Å²) in [5, 5.41) is 0.807. The van der Waals surface area contributed by atoms with E-state index in [1.54, 1.807) is 18.2 Å². The smallest absolute Gasteiger partial charge is 0.233 e. The first kappa shape index (κ1) is 21.0. The van der Waals surface area contributed by atoms with Gasteiger partial charge in [0, 0.05) is 30.7 Å². The highest BCUT2D eigenvalue weighted by atomic mass is 32.2. The molecular formula is C23H27N3O2S. The van der Waals surface area contributed by atoms with Crippen molar-refractivity contribution in [2.24, 2.45) is 0 Å². The number of carbonyl (C=O) groups excluding carboxylic acids is 1. The molecule has 0 N–H and O–H groups in total. The van der Waals surface area contributed by atoms with Gasteiger partial charge >= 0.3 is 0 Å². The molecule has 0 spiro atoms. The number of hydrogen-bond donors (Lipinski definition) is 0. The number of ether oxygens (including phenoxy) is 1. The van der Waals surface area contributed by atoms with E-state index in [0.717, 1.165) is 22.2 Å². The Labute approximate surface area is 176 Å². The maximum atomic E-state index is 12.8. The van der Waals surface area contributed by atoms with Crippen molar-refractivity contribution >= 4 is 17.7 Å². The summed E-state index contributed by atoms with van der Waals surface area (Å²) in [7, 11) is 3.48. The van der Waals surface area contributed by atoms with E-state index in [9.17, 15) is 4.79 Å². The zero-order valence-electron chi connectivity index (χ0n) is 17.5. The molecule has 3 rings (SSSR count). The largest absolute Gasteiger partial charge is 0.496 e. The minimum atomic E-state index is -0.0848. The number of para-hydroxylation sites is 1. The molecule has 152 valence electrons. The maximum Gasteiger partial charge on any atom is 0.233 e. The monoisotopic (exact) mass is 409 g/mol. The van der Waals surface area contributed by atoms with Crippen molar-refractivity contribution in [3.8, 4) is 11.4 Å². The lowest BCUT2D eigenvalue weighted by molar-refractivity contribution is -0.128. The van der Waals surface area contributed by atoms with Crippen molar-refractivity contribution in [2.45, 2.75) is 32.0 Å². The number of thioether (sulfide) groups is 1. The highest BCUT2D eigenvalue weighted by molar-refractivity contribution is 7.99. The summed E-state index contributed by atoms with van der Waals surface area (Å²) < 4.78 is 7.47. The molecule has 0 saturated carbocycles. The average molecular weight is 410 g/mol. The van der Waals surface area contributed by atoms with Gasteiger partial charge in [0.25, 0.3) is 0 Å². The molecule has 0 radical (unpaired) electrons. The van der Waals surface area contributed by atoms with Gasteiger partial charge in [0.2, 0.25) is 5.91 Å². The highest BCUT2D eigenvalue weighted by Crippen LogP contribution is 2.29. The molecule has 0 aliphatic rings. The van der Waals surface area contributed by atoms with Gasteiger partial charge in [-0.05, 0) is 50.1 Å². The number of aromatic nitrogens is 2. The third-order valence-corrected chi connectivity index (χ3v) is 5.93. The van der Waals surface area contributed by atoms with E-state index >= 15 is 0 Å². The van der Waals surface area contributed by atoms with E-state index in [4.69, 9.17) is 4.74 Å². The quantitative estimate of drug-likeness (QED) is 0.526. The van der Waals surface area contributed by atoms with Crippen molar-refractivity contribution in [1.29, 1.82) is 0 Å². The standard InChI is InChI=1S/C23H27N3O2S/c1-16-12-17(2)14-19(13-16)26-11-10-24-23(26)29-15-22(27)25(4)18(3)20-8-6-7-9-21(20)28-5/h6-14,18H,15H2,1-5H3. The summed E-state index contributed by atoms with van der Waals surface area (Å²) in [5.41, 5.74) is 4.45. The minimum Gasteiger partial charge on any atom is -0.496 e. The van der Waals surface area contributed by atoms with Crippen LogP contribution in [0.15, 0.2) is 60.0 Å². The molecule has 1 heterocycles. The van der Waals surface area contributed by atoms with Crippen molar-refractivity contribution in [2.75, 3.05) is 19.9 Å². The maximum absolute atomic E-state index is 12.8. The van der Waals surface area contributed by atoms with E-state index in [1.165, 1.54) is 22.9 Å². The Balaban J connectivity index is 1.70. The predicted octanol–water partition coefficient (Wildman–Crippen LogP) is 4.81. The summed E-state index contributed by atoms with van der Waals surface area (Å²) >= 11 is 1.45. The van der Waals surface area contributed by atoms with Crippen LogP contribution in [0, 0.1) is 13.8 Å². The van der Waals surface area contributed by atoms with E-state index in [1.807, 2.05) is 49.0 Å². The van der Waals surface area contributed by atoms with E-state index in [2.05, 4.69) is 37.0 Å². The Bertz CT molecular complexity index is 979. The fourth-order valence-electron chi connectivity index (χ4n) is 3.35. The van der Waals surface area contributed by atoms with Crippen LogP contribution in [0.4, 0.5) is 0 Å². The van der Waals surface area contributed by atoms with Crippen LogP contribution in [0.3, 0.4) is 0 Å². The molecule has 29 heavy (non-hydrogen) atoms. The Morgan fingerprint density at radius 3 is 2.59 bits per heavy atom. The lowest BCUT2D eigenvalue weighted by atomic mass is 10.1. The van der Waals surface area contributed by atoms with Gasteiger partial charge in [0.05, 0.1) is 18.9 Å². The van der Waals surface area contributed by atoms with Gasteiger partial charge in [0.1, 0.15) is 5.75 Å². The third kappa shape index (κ3) is 4.82. The normalized spacial score (nSPS) is 11.9. The number of hydrogen-bond acceptors (Lipinski definition) is 4. The van der Waals surface area contributed by atoms with Crippen LogP contribution in [-0.2, 0) is 4.79 Å². The van der Waals surface area contributed by atoms with Gasteiger partial charge < -0.3 is 9.64 Å². The van der Waals surface area contributed by atoms with Crippen LogP contribution >= 0.6 is 11.8 Å². The summed E-state index contributed by atoms with van der Waals surface area (Å²) in [6.45, 7) is 6.17. The number of benzene rings is 2. The average Bonchev–Trinajstić information content (AvgIpc) is 3.18. The molecule has 1 unspecified atom stereocenters. The molecule has 1 atom stereocenters. The second-order valence-corrected chi connectivity index (χ2v) is 8.08. The summed E-state index contributed by atoms with van der Waals surface area (Å²) in [6.07, 6.45) is 3.70. The lowest BCUT2D eigenvalue weighted by Crippen LogP contribution is -2.31. The van der Waals surface area contributed by atoms with Crippen LogP contribution in [-0.4, -0.2) is 40.3 Å². The number of methoxy groups -OCH3 is 1. The number of rotatable bonds is 7. The van der Waals surface area contributed by atoms with Crippen LogP contribution in [0.1, 0.15) is 29.7 Å². The molecule has 0 bridgehead atoms. The molecule has 0 fully saturated rings. The third-order valence-electron chi connectivity index (χ3n) is 4.98. The summed E-state index contributed by atoms with van der Waals surface area (Å²) in [4.78, 5) is 19.0. The number of carbonyl (C=O) groups is 1. The second-order valence-electron chi connectivity index (χ2n) is 7.14. The van der Waals surface area contributed by atoms with E-state index in [-0.39, 0.29) is 11.9 Å². The van der Waals surface area contributed by atoms with Gasteiger partial charge in [-0.2, -0.15) is 0 Å². The fraction of sp³-hybridized carbons (Fsp3) is 0.304. The summed E-state index contributed by atoms with van der Waals surface area (Å²) in [5.74, 6) is 1.15. The van der Waals surface area contributed by atoms with Gasteiger partial charge in [-0.3, -0.25) is 9.36 Å².